The number of hydrogen-bond donors (Lipinski definition) is 0. The smallest absolute Gasteiger partial charge is 0.338 e. The molecule has 2 aliphatic heterocycles. The molecule has 2 saturated heterocycles. The highest BCUT2D eigenvalue weighted by Crippen LogP contribution is 2.43. The van der Waals surface area contributed by atoms with Gasteiger partial charge in [-0.3, -0.25) is 4.90 Å². The van der Waals surface area contributed by atoms with Crippen molar-refractivity contribution in [3.8, 4) is 0 Å². The number of ether oxygens (including phenoxy) is 2. The lowest BCUT2D eigenvalue weighted by molar-refractivity contribution is -0.0607. The Kier molecular flexibility index (Phi) is 9.38. The van der Waals surface area contributed by atoms with Crippen LogP contribution in [0.4, 0.5) is 0 Å². The third-order valence-electron chi connectivity index (χ3n) is 9.66. The van der Waals surface area contributed by atoms with E-state index in [0.717, 1.165) is 18.4 Å². The van der Waals surface area contributed by atoms with Crippen LogP contribution in [-0.4, -0.2) is 56.1 Å². The van der Waals surface area contributed by atoms with Crippen molar-refractivity contribution in [2.45, 2.75) is 82.5 Å². The Balaban J connectivity index is 1.38. The van der Waals surface area contributed by atoms with E-state index in [1.165, 1.54) is 10.4 Å². The van der Waals surface area contributed by atoms with Crippen LogP contribution in [0, 0.1) is 0 Å². The zero-order chi connectivity index (χ0) is 31.4. The van der Waals surface area contributed by atoms with Crippen LogP contribution in [0.25, 0.3) is 0 Å². The largest absolute Gasteiger partial charge is 0.454 e. The van der Waals surface area contributed by atoms with Gasteiger partial charge in [-0.15, -0.1) is 0 Å². The normalized spacial score (nSPS) is 23.5. The van der Waals surface area contributed by atoms with Crippen LogP contribution in [0.15, 0.2) is 121 Å². The van der Waals surface area contributed by atoms with Crippen molar-refractivity contribution in [1.82, 2.24) is 4.90 Å². The van der Waals surface area contributed by atoms with Gasteiger partial charge in [0.15, 0.2) is 0 Å². The van der Waals surface area contributed by atoms with E-state index < -0.39 is 14.4 Å². The summed E-state index contributed by atoms with van der Waals surface area (Å²) in [4.78, 5) is 16.0. The van der Waals surface area contributed by atoms with Gasteiger partial charge in [0.1, 0.15) is 12.2 Å². The van der Waals surface area contributed by atoms with Crippen molar-refractivity contribution in [3.05, 3.63) is 132 Å². The maximum Gasteiger partial charge on any atom is 0.338 e. The van der Waals surface area contributed by atoms with E-state index >= 15 is 0 Å². The molecule has 0 radical (unpaired) electrons. The molecule has 234 valence electrons. The summed E-state index contributed by atoms with van der Waals surface area (Å²) >= 11 is 0. The molecule has 4 aromatic carbocycles. The maximum atomic E-state index is 13.5. The molecule has 0 saturated carbocycles. The topological polar surface area (TPSA) is 48.0 Å². The Morgan fingerprint density at radius 3 is 1.84 bits per heavy atom. The average molecular weight is 620 g/mol. The van der Waals surface area contributed by atoms with Crippen LogP contribution in [-0.2, 0) is 20.5 Å². The van der Waals surface area contributed by atoms with Crippen LogP contribution in [0.5, 0.6) is 0 Å². The van der Waals surface area contributed by atoms with Crippen molar-refractivity contribution in [2.75, 3.05) is 6.61 Å². The van der Waals surface area contributed by atoms with Crippen LogP contribution >= 0.6 is 0 Å². The number of nitrogens with zero attached hydrogens (tertiary/aromatic N) is 1. The molecule has 2 aliphatic rings. The number of benzene rings is 4. The van der Waals surface area contributed by atoms with Gasteiger partial charge in [0.2, 0.25) is 0 Å². The highest BCUT2D eigenvalue weighted by atomic mass is 28.4. The zero-order valence-electron chi connectivity index (χ0n) is 26.8. The molecule has 2 heterocycles. The highest BCUT2D eigenvalue weighted by Gasteiger charge is 2.57. The van der Waals surface area contributed by atoms with Gasteiger partial charge in [-0.2, -0.15) is 0 Å². The molecule has 0 amide bonds. The molecule has 0 N–H and O–H groups in total. The fourth-order valence-electron chi connectivity index (χ4n) is 7.59. The van der Waals surface area contributed by atoms with Crippen LogP contribution in [0.3, 0.4) is 0 Å². The van der Waals surface area contributed by atoms with Crippen molar-refractivity contribution in [2.24, 2.45) is 0 Å². The van der Waals surface area contributed by atoms with Gasteiger partial charge in [-0.25, -0.2) is 4.79 Å². The average Bonchev–Trinajstić information content (AvgIpc) is 3.58. The lowest BCUT2D eigenvalue weighted by Gasteiger charge is -2.44. The van der Waals surface area contributed by atoms with Crippen molar-refractivity contribution in [1.29, 1.82) is 0 Å². The van der Waals surface area contributed by atoms with Gasteiger partial charge in [0.05, 0.1) is 30.9 Å². The molecule has 45 heavy (non-hydrogen) atoms. The molecule has 0 aromatic heterocycles. The standard InChI is InChI=1S/C39H45NO4Si/c1-29-25-26-34-37(44-38(41)31-19-11-6-12-20-31)36(42-27-30-17-9-5-10-18-30)35(40(29)34)28-43-45(39(2,3)4,32-21-13-7-14-22-32)33-23-15-8-16-24-33/h5-24,29,34-37H,25-28H2,1-4H3/t29-,34-,35-,36-,37-/m1/s1. The molecule has 6 heteroatoms. The molecule has 6 rings (SSSR count). The summed E-state index contributed by atoms with van der Waals surface area (Å²) < 4.78 is 20.7. The first kappa shape index (κ1) is 31.4. The summed E-state index contributed by atoms with van der Waals surface area (Å²) in [6.45, 7) is 10.1. The maximum absolute atomic E-state index is 13.5. The van der Waals surface area contributed by atoms with Gasteiger partial charge < -0.3 is 13.9 Å². The van der Waals surface area contributed by atoms with E-state index in [9.17, 15) is 4.79 Å². The second-order valence-corrected chi connectivity index (χ2v) is 17.8. The zero-order valence-corrected chi connectivity index (χ0v) is 27.8. The number of rotatable bonds is 10. The number of carbonyl (C=O) groups is 1. The fourth-order valence-corrected chi connectivity index (χ4v) is 12.2. The van der Waals surface area contributed by atoms with Crippen LogP contribution < -0.4 is 10.4 Å². The number of carbonyl (C=O) groups excluding carboxylic acids is 1. The first-order chi connectivity index (χ1) is 21.8. The van der Waals surface area contributed by atoms with Gasteiger partial charge in [-0.1, -0.05) is 130 Å². The van der Waals surface area contributed by atoms with E-state index in [-0.39, 0.29) is 29.2 Å². The fraction of sp³-hybridized carbons (Fsp3) is 0.359. The predicted molar refractivity (Wildman–Crippen MR) is 182 cm³/mol. The third kappa shape index (κ3) is 6.30. The molecule has 0 unspecified atom stereocenters. The number of fused-ring (bicyclic) bond motifs is 1. The Hall–Kier alpha value is -3.55. The Morgan fingerprint density at radius 1 is 0.756 bits per heavy atom. The molecule has 4 aromatic rings. The summed E-state index contributed by atoms with van der Waals surface area (Å²) in [5, 5.41) is 2.35. The van der Waals surface area contributed by atoms with E-state index in [1.54, 1.807) is 0 Å². The third-order valence-corrected chi connectivity index (χ3v) is 14.7. The highest BCUT2D eigenvalue weighted by molar-refractivity contribution is 6.99. The Bertz CT molecular complexity index is 1490. The van der Waals surface area contributed by atoms with Crippen LogP contribution in [0.1, 0.15) is 56.5 Å². The van der Waals surface area contributed by atoms with E-state index in [2.05, 4.69) is 105 Å². The summed E-state index contributed by atoms with van der Waals surface area (Å²) in [5.41, 5.74) is 1.65. The molecule has 0 spiro atoms. The van der Waals surface area contributed by atoms with E-state index in [0.29, 0.717) is 24.8 Å². The lowest BCUT2D eigenvalue weighted by atomic mass is 10.0. The minimum atomic E-state index is -2.80. The monoisotopic (exact) mass is 619 g/mol. The minimum Gasteiger partial charge on any atom is -0.454 e. The second-order valence-electron chi connectivity index (χ2n) is 13.5. The first-order valence-corrected chi connectivity index (χ1v) is 18.1. The van der Waals surface area contributed by atoms with E-state index in [4.69, 9.17) is 13.9 Å². The van der Waals surface area contributed by atoms with Gasteiger partial charge in [0.25, 0.3) is 8.32 Å². The quantitative estimate of drug-likeness (QED) is 0.148. The van der Waals surface area contributed by atoms with Crippen molar-refractivity contribution in [3.63, 3.8) is 0 Å². The molecular weight excluding hydrogens is 575 g/mol. The van der Waals surface area contributed by atoms with Crippen molar-refractivity contribution >= 4 is 24.7 Å². The minimum absolute atomic E-state index is 0.0705. The molecular formula is C39H45NO4Si. The Labute approximate surface area is 269 Å². The molecule has 0 bridgehead atoms. The number of esters is 1. The van der Waals surface area contributed by atoms with Crippen molar-refractivity contribution < 1.29 is 18.7 Å². The summed E-state index contributed by atoms with van der Waals surface area (Å²) in [7, 11) is -2.80. The van der Waals surface area contributed by atoms with Gasteiger partial charge >= 0.3 is 5.97 Å². The lowest BCUT2D eigenvalue weighted by Crippen LogP contribution is -2.67. The summed E-state index contributed by atoms with van der Waals surface area (Å²) in [6.07, 6.45) is 1.25. The van der Waals surface area contributed by atoms with Gasteiger partial charge in [0, 0.05) is 6.04 Å². The van der Waals surface area contributed by atoms with E-state index in [1.807, 2.05) is 48.5 Å². The summed E-state index contributed by atoms with van der Waals surface area (Å²) in [5.74, 6) is -0.304. The molecule has 2 fully saturated rings. The van der Waals surface area contributed by atoms with Gasteiger partial charge in [-0.05, 0) is 52.9 Å². The molecule has 0 aliphatic carbocycles. The SMILES string of the molecule is C[C@@H]1CC[C@@H]2[C@@H](OC(=O)c3ccccc3)[C@H](OCc3ccccc3)[C@@H](CO[Si](c3ccccc3)(c3ccccc3)C(C)(C)C)N12. The summed E-state index contributed by atoms with van der Waals surface area (Å²) in [6, 6.07) is 41.4. The first-order valence-electron chi connectivity index (χ1n) is 16.2. The van der Waals surface area contributed by atoms with Crippen LogP contribution in [0.2, 0.25) is 5.04 Å². The predicted octanol–water partition coefficient (Wildman–Crippen LogP) is 6.61. The molecule has 5 atom stereocenters. The second kappa shape index (κ2) is 13.4. The molecule has 5 nitrogen and oxygen atoms in total. The number of hydrogen-bond acceptors (Lipinski definition) is 5. The Morgan fingerprint density at radius 2 is 1.29 bits per heavy atom.